The van der Waals surface area contributed by atoms with Gasteiger partial charge in [0.2, 0.25) is 5.79 Å². The number of hydrogen-bond donors (Lipinski definition) is 3. The first kappa shape index (κ1) is 30.4. The molecule has 2 atom stereocenters. The molecule has 0 bridgehead atoms. The lowest BCUT2D eigenvalue weighted by molar-refractivity contribution is -0.154. The number of carbonyl (C=O) groups is 3. The van der Waals surface area contributed by atoms with Crippen LogP contribution in [0.3, 0.4) is 0 Å². The third kappa shape index (κ3) is 7.41. The molecule has 2 aliphatic rings. The lowest BCUT2D eigenvalue weighted by Gasteiger charge is -2.44. The van der Waals surface area contributed by atoms with Crippen LogP contribution in [-0.2, 0) is 20.7 Å². The fourth-order valence-electron chi connectivity index (χ4n) is 5.47. The Morgan fingerprint density at radius 1 is 1.07 bits per heavy atom. The number of alkyl halides is 1. The SMILES string of the molecule is CCOC(=O)CN1CCN(C(F)(C(=O)Cc2ccc(NC(=O)Nc3ccccc3C)c(OC)c2)C2CCCN2)CC1. The molecule has 222 valence electrons. The number of para-hydroxylation sites is 1. The average molecular weight is 570 g/mol. The van der Waals surface area contributed by atoms with Gasteiger partial charge >= 0.3 is 12.0 Å². The average Bonchev–Trinajstić information content (AvgIpc) is 3.51. The predicted molar refractivity (Wildman–Crippen MR) is 155 cm³/mol. The summed E-state index contributed by atoms with van der Waals surface area (Å²) in [6.07, 6.45) is 1.22. The molecule has 3 N–H and O–H groups in total. The van der Waals surface area contributed by atoms with Gasteiger partial charge in [0.1, 0.15) is 5.75 Å². The van der Waals surface area contributed by atoms with E-state index in [2.05, 4.69) is 16.0 Å². The number of anilines is 2. The smallest absolute Gasteiger partial charge is 0.323 e. The Kier molecular flexibility index (Phi) is 10.3. The molecule has 0 aliphatic carbocycles. The van der Waals surface area contributed by atoms with Gasteiger partial charge in [0.25, 0.3) is 0 Å². The second kappa shape index (κ2) is 13.9. The Morgan fingerprint density at radius 2 is 1.80 bits per heavy atom. The van der Waals surface area contributed by atoms with Gasteiger partial charge in [0.15, 0.2) is 5.78 Å². The number of benzene rings is 2. The summed E-state index contributed by atoms with van der Waals surface area (Å²) in [6, 6.07) is 11.4. The summed E-state index contributed by atoms with van der Waals surface area (Å²) in [5.41, 5.74) is 2.62. The number of methoxy groups -OCH3 is 1. The zero-order chi connectivity index (χ0) is 29.4. The summed E-state index contributed by atoms with van der Waals surface area (Å²) >= 11 is 0. The lowest BCUT2D eigenvalue weighted by Crippen LogP contribution is -2.66. The van der Waals surface area contributed by atoms with Crippen LogP contribution in [0.2, 0.25) is 0 Å². The van der Waals surface area contributed by atoms with Crippen molar-refractivity contribution in [2.45, 2.75) is 44.9 Å². The van der Waals surface area contributed by atoms with Gasteiger partial charge in [0.05, 0.1) is 32.0 Å². The van der Waals surface area contributed by atoms with E-state index < -0.39 is 23.6 Å². The molecule has 2 fully saturated rings. The molecule has 2 heterocycles. The number of rotatable bonds is 11. The lowest BCUT2D eigenvalue weighted by atomic mass is 9.92. The first-order valence-electron chi connectivity index (χ1n) is 14.1. The summed E-state index contributed by atoms with van der Waals surface area (Å²) in [5.74, 6) is -2.66. The monoisotopic (exact) mass is 569 g/mol. The number of hydrogen-bond acceptors (Lipinski definition) is 8. The van der Waals surface area contributed by atoms with E-state index >= 15 is 4.39 Å². The number of carbonyl (C=O) groups excluding carboxylic acids is 3. The van der Waals surface area contributed by atoms with Crippen LogP contribution in [0.1, 0.15) is 30.9 Å². The third-order valence-corrected chi connectivity index (χ3v) is 7.68. The first-order valence-corrected chi connectivity index (χ1v) is 14.1. The Balaban J connectivity index is 1.44. The van der Waals surface area contributed by atoms with Gasteiger partial charge < -0.3 is 25.4 Å². The van der Waals surface area contributed by atoms with Gasteiger partial charge in [-0.25, -0.2) is 9.18 Å². The van der Waals surface area contributed by atoms with Crippen molar-refractivity contribution in [1.29, 1.82) is 0 Å². The number of halogens is 1. The van der Waals surface area contributed by atoms with Crippen molar-refractivity contribution >= 4 is 29.2 Å². The molecule has 2 amide bonds. The number of amides is 2. The van der Waals surface area contributed by atoms with Crippen LogP contribution >= 0.6 is 0 Å². The molecule has 2 unspecified atom stereocenters. The highest BCUT2D eigenvalue weighted by Crippen LogP contribution is 2.33. The molecule has 2 aliphatic heterocycles. The summed E-state index contributed by atoms with van der Waals surface area (Å²) in [7, 11) is 1.48. The number of ketones is 1. The summed E-state index contributed by atoms with van der Waals surface area (Å²) in [4.78, 5) is 41.7. The third-order valence-electron chi connectivity index (χ3n) is 7.68. The molecular formula is C30H40FN5O5. The minimum absolute atomic E-state index is 0.135. The van der Waals surface area contributed by atoms with Gasteiger partial charge in [-0.15, -0.1) is 0 Å². The molecule has 0 aromatic heterocycles. The fourth-order valence-corrected chi connectivity index (χ4v) is 5.47. The fraction of sp³-hybridized carbons (Fsp3) is 0.500. The van der Waals surface area contributed by atoms with Crippen molar-refractivity contribution in [3.8, 4) is 5.75 Å². The van der Waals surface area contributed by atoms with Gasteiger partial charge in [-0.1, -0.05) is 24.3 Å². The second-order valence-corrected chi connectivity index (χ2v) is 10.4. The van der Waals surface area contributed by atoms with Crippen LogP contribution < -0.4 is 20.7 Å². The van der Waals surface area contributed by atoms with Crippen LogP contribution in [0.15, 0.2) is 42.5 Å². The van der Waals surface area contributed by atoms with Crippen LogP contribution in [0.4, 0.5) is 20.6 Å². The summed E-state index contributed by atoms with van der Waals surface area (Å²) in [6.45, 7) is 6.35. The number of piperazine rings is 1. The van der Waals surface area contributed by atoms with Crippen molar-refractivity contribution in [2.24, 2.45) is 0 Å². The van der Waals surface area contributed by atoms with Crippen molar-refractivity contribution in [3.05, 3.63) is 53.6 Å². The quantitative estimate of drug-likeness (QED) is 0.279. The molecule has 2 saturated heterocycles. The Hall–Kier alpha value is -3.54. The highest BCUT2D eigenvalue weighted by atomic mass is 19.1. The van der Waals surface area contributed by atoms with Gasteiger partial charge in [-0.05, 0) is 62.6 Å². The molecule has 41 heavy (non-hydrogen) atoms. The Morgan fingerprint density at radius 3 is 2.46 bits per heavy atom. The number of Topliss-reactive ketones (excluding diaryl/α,β-unsaturated/α-hetero) is 1. The van der Waals surface area contributed by atoms with E-state index in [9.17, 15) is 14.4 Å². The maximum Gasteiger partial charge on any atom is 0.323 e. The minimum atomic E-state index is -2.19. The van der Waals surface area contributed by atoms with Crippen LogP contribution in [0.25, 0.3) is 0 Å². The van der Waals surface area contributed by atoms with Crippen molar-refractivity contribution in [1.82, 2.24) is 15.1 Å². The molecule has 4 rings (SSSR count). The Labute approximate surface area is 240 Å². The number of aryl methyl sites for hydroxylation is 1. The topological polar surface area (TPSA) is 112 Å². The molecular weight excluding hydrogens is 529 g/mol. The molecule has 2 aromatic carbocycles. The van der Waals surface area contributed by atoms with E-state index in [1.165, 1.54) is 7.11 Å². The van der Waals surface area contributed by atoms with E-state index in [1.54, 1.807) is 30.0 Å². The zero-order valence-electron chi connectivity index (χ0n) is 24.0. The van der Waals surface area contributed by atoms with E-state index in [0.29, 0.717) is 68.4 Å². The molecule has 11 heteroatoms. The molecule has 0 radical (unpaired) electrons. The highest BCUT2D eigenvalue weighted by Gasteiger charge is 2.52. The van der Waals surface area contributed by atoms with Gasteiger partial charge in [-0.2, -0.15) is 0 Å². The van der Waals surface area contributed by atoms with Crippen molar-refractivity contribution in [2.75, 3.05) is 63.6 Å². The van der Waals surface area contributed by atoms with Gasteiger partial charge in [0, 0.05) is 38.3 Å². The van der Waals surface area contributed by atoms with Crippen molar-refractivity contribution in [3.63, 3.8) is 0 Å². The second-order valence-electron chi connectivity index (χ2n) is 10.4. The van der Waals surface area contributed by atoms with Crippen LogP contribution in [-0.4, -0.2) is 92.4 Å². The molecule has 0 saturated carbocycles. The molecule has 2 aromatic rings. The standard InChI is InChI=1S/C30H40FN5O5/c1-4-41-28(38)20-35-14-16-36(17-15-35)30(31,26-10-7-13-32-26)27(37)19-22-11-12-24(25(18-22)40-3)34-29(39)33-23-9-6-5-8-21(23)2/h5-6,8-9,11-12,18,26,32H,4,7,10,13-17,19-20H2,1-3H3,(H2,33,34,39). The zero-order valence-corrected chi connectivity index (χ0v) is 24.0. The first-order chi connectivity index (χ1) is 19.7. The molecule has 0 spiro atoms. The minimum Gasteiger partial charge on any atom is -0.495 e. The number of esters is 1. The summed E-state index contributed by atoms with van der Waals surface area (Å²) < 4.78 is 27.5. The summed E-state index contributed by atoms with van der Waals surface area (Å²) in [5, 5.41) is 8.79. The van der Waals surface area contributed by atoms with E-state index in [4.69, 9.17) is 9.47 Å². The maximum atomic E-state index is 17.0. The van der Waals surface area contributed by atoms with Crippen LogP contribution in [0, 0.1) is 6.92 Å². The normalized spacial score (nSPS) is 19.3. The van der Waals surface area contributed by atoms with Crippen LogP contribution in [0.5, 0.6) is 5.75 Å². The van der Waals surface area contributed by atoms with Crippen molar-refractivity contribution < 1.29 is 28.2 Å². The Bertz CT molecular complexity index is 1230. The number of nitrogens with one attached hydrogen (secondary N) is 3. The molecule has 10 nitrogen and oxygen atoms in total. The largest absolute Gasteiger partial charge is 0.495 e. The number of nitrogens with zero attached hydrogens (tertiary/aromatic N) is 2. The van der Waals surface area contributed by atoms with E-state index in [1.807, 2.05) is 36.1 Å². The maximum absolute atomic E-state index is 17.0. The van der Waals surface area contributed by atoms with E-state index in [-0.39, 0.29) is 18.9 Å². The highest BCUT2D eigenvalue weighted by molar-refractivity contribution is 6.01. The number of ether oxygens (including phenoxy) is 2. The number of urea groups is 1. The van der Waals surface area contributed by atoms with E-state index in [0.717, 1.165) is 12.0 Å². The predicted octanol–water partition coefficient (Wildman–Crippen LogP) is 3.36. The van der Waals surface area contributed by atoms with Gasteiger partial charge in [-0.3, -0.25) is 19.4 Å².